The highest BCUT2D eigenvalue weighted by Gasteiger charge is 2.25. The van der Waals surface area contributed by atoms with Crippen LogP contribution in [0, 0.1) is 0 Å². The van der Waals surface area contributed by atoms with Crippen LogP contribution in [0.5, 0.6) is 0 Å². The number of carbonyl (C=O) groups is 1. The molecule has 0 radical (unpaired) electrons. The number of anilines is 1. The number of nitrogens with zero attached hydrogens (tertiary/aromatic N) is 1. The molecule has 1 N–H and O–H groups in total. The topological polar surface area (TPSA) is 32.3 Å². The molecule has 3 heteroatoms. The summed E-state index contributed by atoms with van der Waals surface area (Å²) in [7, 11) is 1.86. The summed E-state index contributed by atoms with van der Waals surface area (Å²) in [5.41, 5.74) is 1.71. The Morgan fingerprint density at radius 2 is 1.95 bits per heavy atom. The molecule has 0 aliphatic heterocycles. The molecular weight excluding hydrogens is 236 g/mol. The molecule has 1 aliphatic rings. The molecule has 2 rings (SSSR count). The third-order valence-electron chi connectivity index (χ3n) is 4.04. The summed E-state index contributed by atoms with van der Waals surface area (Å²) < 4.78 is 0. The maximum absolute atomic E-state index is 12.7. The number of carbonyl (C=O) groups excluding carboxylic acids is 1. The molecule has 1 amide bonds. The molecule has 104 valence electrons. The van der Waals surface area contributed by atoms with Gasteiger partial charge in [0.15, 0.2) is 0 Å². The van der Waals surface area contributed by atoms with Gasteiger partial charge in [-0.15, -0.1) is 0 Å². The summed E-state index contributed by atoms with van der Waals surface area (Å²) in [6.07, 6.45) is 6.13. The van der Waals surface area contributed by atoms with Crippen molar-refractivity contribution in [2.24, 2.45) is 0 Å². The lowest BCUT2D eigenvalue weighted by molar-refractivity contribution is 0.0649. The highest BCUT2D eigenvalue weighted by atomic mass is 16.2. The molecule has 19 heavy (non-hydrogen) atoms. The van der Waals surface area contributed by atoms with Crippen molar-refractivity contribution in [1.29, 1.82) is 0 Å². The summed E-state index contributed by atoms with van der Waals surface area (Å²) in [5.74, 6) is 0.166. The van der Waals surface area contributed by atoms with E-state index in [9.17, 15) is 4.79 Å². The summed E-state index contributed by atoms with van der Waals surface area (Å²) in [6, 6.07) is 8.19. The second kappa shape index (κ2) is 6.60. The molecule has 0 unspecified atom stereocenters. The van der Waals surface area contributed by atoms with Gasteiger partial charge in [0.2, 0.25) is 0 Å². The molecule has 0 heterocycles. The van der Waals surface area contributed by atoms with Gasteiger partial charge in [-0.25, -0.2) is 0 Å². The number of hydrogen-bond acceptors (Lipinski definition) is 2. The van der Waals surface area contributed by atoms with Gasteiger partial charge in [0, 0.05) is 25.3 Å². The Morgan fingerprint density at radius 1 is 1.26 bits per heavy atom. The summed E-state index contributed by atoms with van der Waals surface area (Å²) in [6.45, 7) is 2.87. The van der Waals surface area contributed by atoms with Crippen LogP contribution in [-0.2, 0) is 0 Å². The van der Waals surface area contributed by atoms with Gasteiger partial charge in [-0.2, -0.15) is 0 Å². The lowest BCUT2D eigenvalue weighted by atomic mass is 9.93. The van der Waals surface area contributed by atoms with E-state index in [1.54, 1.807) is 0 Å². The van der Waals surface area contributed by atoms with E-state index in [0.717, 1.165) is 30.6 Å². The van der Waals surface area contributed by atoms with Crippen LogP contribution < -0.4 is 5.32 Å². The fourth-order valence-corrected chi connectivity index (χ4v) is 3.00. The average molecular weight is 260 g/mol. The highest BCUT2D eigenvalue weighted by molar-refractivity contribution is 5.99. The Morgan fingerprint density at radius 3 is 2.58 bits per heavy atom. The molecule has 0 saturated heterocycles. The van der Waals surface area contributed by atoms with Crippen LogP contribution >= 0.6 is 0 Å². The third kappa shape index (κ3) is 3.09. The molecule has 1 aromatic carbocycles. The van der Waals surface area contributed by atoms with E-state index in [4.69, 9.17) is 0 Å². The lowest BCUT2D eigenvalue weighted by Crippen LogP contribution is -2.41. The second-order valence-electron chi connectivity index (χ2n) is 5.18. The minimum atomic E-state index is 0.166. The number of benzene rings is 1. The number of para-hydroxylation sites is 1. The van der Waals surface area contributed by atoms with Crippen LogP contribution in [-0.4, -0.2) is 30.4 Å². The minimum absolute atomic E-state index is 0.166. The van der Waals surface area contributed by atoms with Crippen molar-refractivity contribution in [2.75, 3.05) is 18.9 Å². The van der Waals surface area contributed by atoms with E-state index in [0.29, 0.717) is 6.04 Å². The predicted octanol–water partition coefficient (Wildman–Crippen LogP) is 3.52. The SMILES string of the molecule is CCN(C(=O)c1ccccc1NC)C1CCCCC1. The first-order valence-corrected chi connectivity index (χ1v) is 7.35. The first-order chi connectivity index (χ1) is 9.27. The fraction of sp³-hybridized carbons (Fsp3) is 0.562. The van der Waals surface area contributed by atoms with E-state index in [1.807, 2.05) is 31.3 Å². The summed E-state index contributed by atoms with van der Waals surface area (Å²) in [4.78, 5) is 14.8. The Labute approximate surface area is 116 Å². The monoisotopic (exact) mass is 260 g/mol. The van der Waals surface area contributed by atoms with E-state index in [1.165, 1.54) is 19.3 Å². The van der Waals surface area contributed by atoms with Gasteiger partial charge in [0.1, 0.15) is 0 Å². The Hall–Kier alpha value is -1.51. The zero-order chi connectivity index (χ0) is 13.7. The lowest BCUT2D eigenvalue weighted by Gasteiger charge is -2.34. The van der Waals surface area contributed by atoms with Gasteiger partial charge >= 0.3 is 0 Å². The van der Waals surface area contributed by atoms with Gasteiger partial charge in [0.25, 0.3) is 5.91 Å². The summed E-state index contributed by atoms with van der Waals surface area (Å²) in [5, 5.41) is 3.11. The van der Waals surface area contributed by atoms with Crippen molar-refractivity contribution in [3.05, 3.63) is 29.8 Å². The molecule has 1 aromatic rings. The molecule has 1 fully saturated rings. The molecule has 0 aromatic heterocycles. The van der Waals surface area contributed by atoms with Crippen LogP contribution in [0.15, 0.2) is 24.3 Å². The van der Waals surface area contributed by atoms with Gasteiger partial charge < -0.3 is 10.2 Å². The Balaban J connectivity index is 2.19. The number of nitrogens with one attached hydrogen (secondary N) is 1. The van der Waals surface area contributed by atoms with E-state index < -0.39 is 0 Å². The molecule has 0 atom stereocenters. The summed E-state index contributed by atoms with van der Waals surface area (Å²) >= 11 is 0. The molecule has 0 spiro atoms. The zero-order valence-electron chi connectivity index (χ0n) is 12.0. The quantitative estimate of drug-likeness (QED) is 0.898. The predicted molar refractivity (Wildman–Crippen MR) is 79.6 cm³/mol. The molecular formula is C16H24N2O. The maximum Gasteiger partial charge on any atom is 0.256 e. The number of amides is 1. The maximum atomic E-state index is 12.7. The first-order valence-electron chi connectivity index (χ1n) is 7.35. The van der Waals surface area contributed by atoms with Gasteiger partial charge in [0.05, 0.1) is 5.56 Å². The molecule has 3 nitrogen and oxygen atoms in total. The van der Waals surface area contributed by atoms with Crippen molar-refractivity contribution in [1.82, 2.24) is 4.90 Å². The van der Waals surface area contributed by atoms with Crippen molar-refractivity contribution < 1.29 is 4.79 Å². The van der Waals surface area contributed by atoms with Gasteiger partial charge in [-0.1, -0.05) is 31.4 Å². The van der Waals surface area contributed by atoms with Crippen LogP contribution in [0.2, 0.25) is 0 Å². The zero-order valence-corrected chi connectivity index (χ0v) is 12.0. The highest BCUT2D eigenvalue weighted by Crippen LogP contribution is 2.25. The average Bonchev–Trinajstić information content (AvgIpc) is 2.49. The van der Waals surface area contributed by atoms with Gasteiger partial charge in [-0.05, 0) is 31.9 Å². The number of hydrogen-bond donors (Lipinski definition) is 1. The first kappa shape index (κ1) is 13.9. The van der Waals surface area contributed by atoms with Gasteiger partial charge in [-0.3, -0.25) is 4.79 Å². The Kier molecular flexibility index (Phi) is 4.83. The van der Waals surface area contributed by atoms with E-state index in [2.05, 4.69) is 17.1 Å². The van der Waals surface area contributed by atoms with E-state index in [-0.39, 0.29) is 5.91 Å². The molecule has 0 bridgehead atoms. The van der Waals surface area contributed by atoms with Crippen LogP contribution in [0.3, 0.4) is 0 Å². The molecule has 1 saturated carbocycles. The Bertz CT molecular complexity index is 425. The number of rotatable bonds is 4. The normalized spacial score (nSPS) is 16.1. The van der Waals surface area contributed by atoms with Crippen molar-refractivity contribution >= 4 is 11.6 Å². The van der Waals surface area contributed by atoms with Crippen LogP contribution in [0.25, 0.3) is 0 Å². The second-order valence-corrected chi connectivity index (χ2v) is 5.18. The largest absolute Gasteiger partial charge is 0.387 e. The van der Waals surface area contributed by atoms with Crippen LogP contribution in [0.4, 0.5) is 5.69 Å². The third-order valence-corrected chi connectivity index (χ3v) is 4.04. The van der Waals surface area contributed by atoms with Crippen molar-refractivity contribution in [3.63, 3.8) is 0 Å². The van der Waals surface area contributed by atoms with Crippen LogP contribution in [0.1, 0.15) is 49.4 Å². The van der Waals surface area contributed by atoms with Crippen molar-refractivity contribution in [3.8, 4) is 0 Å². The molecule has 1 aliphatic carbocycles. The van der Waals surface area contributed by atoms with Crippen molar-refractivity contribution in [2.45, 2.75) is 45.1 Å². The van der Waals surface area contributed by atoms with E-state index >= 15 is 0 Å². The minimum Gasteiger partial charge on any atom is -0.387 e. The fourth-order valence-electron chi connectivity index (χ4n) is 3.00. The smallest absolute Gasteiger partial charge is 0.256 e. The standard InChI is InChI=1S/C16H24N2O/c1-3-18(13-9-5-4-6-10-13)16(19)14-11-7-8-12-15(14)17-2/h7-8,11-13,17H,3-6,9-10H2,1-2H3.